The third-order valence-corrected chi connectivity index (χ3v) is 6.70. The Balaban J connectivity index is 1.07. The van der Waals surface area contributed by atoms with Gasteiger partial charge in [-0.25, -0.2) is 4.98 Å². The van der Waals surface area contributed by atoms with Gasteiger partial charge >= 0.3 is 0 Å². The first-order valence-corrected chi connectivity index (χ1v) is 12.8. The normalized spacial score (nSPS) is 13.4. The number of fused-ring (bicyclic) bond motifs is 1. The van der Waals surface area contributed by atoms with Gasteiger partial charge in [0, 0.05) is 49.0 Å². The van der Waals surface area contributed by atoms with E-state index in [-0.39, 0.29) is 30.0 Å². The Morgan fingerprint density at radius 3 is 2.35 bits per heavy atom. The lowest BCUT2D eigenvalue weighted by Crippen LogP contribution is -2.51. The van der Waals surface area contributed by atoms with Gasteiger partial charge in [-0.3, -0.25) is 23.6 Å². The van der Waals surface area contributed by atoms with E-state index in [0.717, 1.165) is 5.39 Å². The maximum absolute atomic E-state index is 13.0. The minimum absolute atomic E-state index is 0.0205. The standard InChI is InChI=1S/C28H25N9O3/c38-26(34-11-13-35(14-12-34)28(40)20-5-2-1-3-6-20)17-37-16-21-15-22(9-10-23(21)33-37)31-27(39)24-7-4-8-25(32-24)36-18-29-30-19-36/h1-10,15-16,18-19H,11-14,17H2,(H,31,39). The summed E-state index contributed by atoms with van der Waals surface area (Å²) >= 11 is 0. The van der Waals surface area contributed by atoms with Gasteiger partial charge in [0.1, 0.15) is 30.7 Å². The Bertz CT molecular complexity index is 1670. The number of hydrogen-bond acceptors (Lipinski definition) is 7. The predicted molar refractivity (Wildman–Crippen MR) is 146 cm³/mol. The number of carbonyl (C=O) groups excluding carboxylic acids is 3. The molecule has 1 aliphatic heterocycles. The number of nitrogens with zero attached hydrogens (tertiary/aromatic N) is 8. The maximum Gasteiger partial charge on any atom is 0.274 e. The zero-order chi connectivity index (χ0) is 27.5. The number of amides is 3. The average molecular weight is 536 g/mol. The van der Waals surface area contributed by atoms with Crippen LogP contribution in [-0.4, -0.2) is 83.2 Å². The Kier molecular flexibility index (Phi) is 6.71. The predicted octanol–water partition coefficient (Wildman–Crippen LogP) is 2.25. The highest BCUT2D eigenvalue weighted by molar-refractivity contribution is 6.04. The van der Waals surface area contributed by atoms with E-state index in [4.69, 9.17) is 0 Å². The topological polar surface area (TPSA) is 131 Å². The summed E-state index contributed by atoms with van der Waals surface area (Å²) in [6, 6.07) is 19.6. The Morgan fingerprint density at radius 1 is 0.825 bits per heavy atom. The van der Waals surface area contributed by atoms with Crippen molar-refractivity contribution < 1.29 is 14.4 Å². The van der Waals surface area contributed by atoms with Crippen LogP contribution in [0.5, 0.6) is 0 Å². The van der Waals surface area contributed by atoms with E-state index in [0.29, 0.717) is 48.8 Å². The van der Waals surface area contributed by atoms with Crippen LogP contribution in [0.15, 0.2) is 85.6 Å². The molecule has 6 rings (SSSR count). The number of pyridine rings is 1. The lowest BCUT2D eigenvalue weighted by molar-refractivity contribution is -0.133. The molecule has 4 heterocycles. The first kappa shape index (κ1) is 24.9. The summed E-state index contributed by atoms with van der Waals surface area (Å²) in [5.41, 5.74) is 2.19. The average Bonchev–Trinajstić information content (AvgIpc) is 3.67. The maximum atomic E-state index is 13.0. The summed E-state index contributed by atoms with van der Waals surface area (Å²) in [4.78, 5) is 46.4. The summed E-state index contributed by atoms with van der Waals surface area (Å²) < 4.78 is 3.22. The van der Waals surface area contributed by atoms with Gasteiger partial charge in [0.05, 0.1) is 5.52 Å². The smallest absolute Gasteiger partial charge is 0.274 e. The van der Waals surface area contributed by atoms with Crippen LogP contribution in [0.3, 0.4) is 0 Å². The van der Waals surface area contributed by atoms with Crippen LogP contribution in [-0.2, 0) is 11.3 Å². The number of benzene rings is 2. The molecule has 5 aromatic rings. The highest BCUT2D eigenvalue weighted by Crippen LogP contribution is 2.19. The fourth-order valence-corrected chi connectivity index (χ4v) is 4.60. The van der Waals surface area contributed by atoms with E-state index in [1.165, 1.54) is 12.7 Å². The molecule has 12 nitrogen and oxygen atoms in total. The first-order chi connectivity index (χ1) is 19.5. The van der Waals surface area contributed by atoms with Crippen molar-refractivity contribution in [3.05, 3.63) is 96.8 Å². The molecule has 1 saturated heterocycles. The summed E-state index contributed by atoms with van der Waals surface area (Å²) in [7, 11) is 0. The largest absolute Gasteiger partial charge is 0.338 e. The molecule has 0 aliphatic carbocycles. The number of piperazine rings is 1. The minimum atomic E-state index is -0.360. The number of hydrogen-bond donors (Lipinski definition) is 1. The highest BCUT2D eigenvalue weighted by Gasteiger charge is 2.25. The lowest BCUT2D eigenvalue weighted by atomic mass is 10.2. The van der Waals surface area contributed by atoms with Crippen molar-refractivity contribution in [1.82, 2.24) is 39.3 Å². The molecule has 2 aromatic carbocycles. The van der Waals surface area contributed by atoms with Crippen LogP contribution in [0.25, 0.3) is 16.7 Å². The summed E-state index contributed by atoms with van der Waals surface area (Å²) in [5.74, 6) is 0.0880. The fourth-order valence-electron chi connectivity index (χ4n) is 4.60. The van der Waals surface area contributed by atoms with Gasteiger partial charge in [0.15, 0.2) is 0 Å². The second-order valence-corrected chi connectivity index (χ2v) is 9.34. The van der Waals surface area contributed by atoms with Crippen LogP contribution >= 0.6 is 0 Å². The number of anilines is 1. The molecular weight excluding hydrogens is 510 g/mol. The zero-order valence-corrected chi connectivity index (χ0v) is 21.4. The molecule has 0 bridgehead atoms. The molecule has 0 unspecified atom stereocenters. The van der Waals surface area contributed by atoms with Crippen LogP contribution in [0.1, 0.15) is 20.8 Å². The number of carbonyl (C=O) groups is 3. The van der Waals surface area contributed by atoms with Crippen molar-refractivity contribution >= 4 is 34.3 Å². The summed E-state index contributed by atoms with van der Waals surface area (Å²) in [6.07, 6.45) is 4.80. The van der Waals surface area contributed by atoms with Crippen molar-refractivity contribution in [2.45, 2.75) is 6.54 Å². The molecule has 0 radical (unpaired) electrons. The van der Waals surface area contributed by atoms with Crippen LogP contribution in [0.2, 0.25) is 0 Å². The first-order valence-electron chi connectivity index (χ1n) is 12.8. The minimum Gasteiger partial charge on any atom is -0.338 e. The molecule has 200 valence electrons. The van der Waals surface area contributed by atoms with E-state index < -0.39 is 0 Å². The van der Waals surface area contributed by atoms with Crippen LogP contribution in [0, 0.1) is 0 Å². The summed E-state index contributed by atoms with van der Waals surface area (Å²) in [5, 5.41) is 15.7. The second-order valence-electron chi connectivity index (χ2n) is 9.34. The Morgan fingerprint density at radius 2 is 1.57 bits per heavy atom. The van der Waals surface area contributed by atoms with E-state index in [1.807, 2.05) is 18.2 Å². The number of aromatic nitrogens is 6. The lowest BCUT2D eigenvalue weighted by Gasteiger charge is -2.34. The second kappa shape index (κ2) is 10.8. The van der Waals surface area contributed by atoms with Gasteiger partial charge in [-0.05, 0) is 42.5 Å². The molecule has 3 aromatic heterocycles. The van der Waals surface area contributed by atoms with Gasteiger partial charge in [0.25, 0.3) is 11.8 Å². The molecule has 1 N–H and O–H groups in total. The molecule has 0 atom stereocenters. The van der Waals surface area contributed by atoms with Gasteiger partial charge < -0.3 is 15.1 Å². The molecule has 12 heteroatoms. The SMILES string of the molecule is O=C(Nc1ccc2nn(CC(=O)N3CCN(C(=O)c4ccccc4)CC3)cc2c1)c1cccc(-n2cnnc2)n1. The van der Waals surface area contributed by atoms with Crippen LogP contribution in [0.4, 0.5) is 5.69 Å². The van der Waals surface area contributed by atoms with Gasteiger partial charge in [-0.2, -0.15) is 5.10 Å². The molecular formula is C28H25N9O3. The third kappa shape index (κ3) is 5.27. The van der Waals surface area contributed by atoms with E-state index in [1.54, 1.807) is 73.8 Å². The molecule has 0 saturated carbocycles. The molecule has 40 heavy (non-hydrogen) atoms. The Labute approximate surface area is 228 Å². The fraction of sp³-hybridized carbons (Fsp3) is 0.179. The van der Waals surface area contributed by atoms with E-state index >= 15 is 0 Å². The van der Waals surface area contributed by atoms with Crippen molar-refractivity contribution in [3.8, 4) is 5.82 Å². The van der Waals surface area contributed by atoms with Crippen molar-refractivity contribution in [1.29, 1.82) is 0 Å². The van der Waals surface area contributed by atoms with E-state index in [9.17, 15) is 14.4 Å². The summed E-state index contributed by atoms with van der Waals surface area (Å²) in [6.45, 7) is 2.01. The molecule has 1 fully saturated rings. The van der Waals surface area contributed by atoms with Gasteiger partial charge in [0.2, 0.25) is 5.91 Å². The van der Waals surface area contributed by atoms with Crippen molar-refractivity contribution in [2.24, 2.45) is 0 Å². The van der Waals surface area contributed by atoms with Crippen LogP contribution < -0.4 is 5.32 Å². The van der Waals surface area contributed by atoms with Crippen molar-refractivity contribution in [3.63, 3.8) is 0 Å². The number of nitrogens with one attached hydrogen (secondary N) is 1. The van der Waals surface area contributed by atoms with Gasteiger partial charge in [-0.15, -0.1) is 10.2 Å². The molecule has 0 spiro atoms. The molecule has 1 aliphatic rings. The zero-order valence-electron chi connectivity index (χ0n) is 21.4. The quantitative estimate of drug-likeness (QED) is 0.353. The highest BCUT2D eigenvalue weighted by atomic mass is 16.2. The monoisotopic (exact) mass is 535 g/mol. The Hall–Kier alpha value is -5.39. The number of rotatable bonds is 6. The van der Waals surface area contributed by atoms with Crippen molar-refractivity contribution in [2.75, 3.05) is 31.5 Å². The third-order valence-electron chi connectivity index (χ3n) is 6.70. The molecule has 3 amide bonds. The van der Waals surface area contributed by atoms with E-state index in [2.05, 4.69) is 25.6 Å². The van der Waals surface area contributed by atoms with Gasteiger partial charge in [-0.1, -0.05) is 24.3 Å².